The first-order chi connectivity index (χ1) is 7.65. The van der Waals surface area contributed by atoms with Gasteiger partial charge in [-0.2, -0.15) is 0 Å². The van der Waals surface area contributed by atoms with Crippen molar-refractivity contribution >= 4 is 5.69 Å². The maximum absolute atomic E-state index is 10.6. The predicted octanol–water partition coefficient (Wildman–Crippen LogP) is 2.27. The van der Waals surface area contributed by atoms with Crippen LogP contribution in [-0.2, 0) is 0 Å². The number of rotatable bonds is 4. The summed E-state index contributed by atoms with van der Waals surface area (Å²) in [7, 11) is 0. The Hall–Kier alpha value is -1.86. The van der Waals surface area contributed by atoms with Gasteiger partial charge in [-0.05, 0) is 19.4 Å². The predicted molar refractivity (Wildman–Crippen MR) is 63.0 cm³/mol. The first-order valence-electron chi connectivity index (χ1n) is 5.02. The highest BCUT2D eigenvalue weighted by Crippen LogP contribution is 2.18. The normalized spacial score (nSPS) is 11.4. The Balaban J connectivity index is 2.73. The second-order valence-electron chi connectivity index (χ2n) is 3.38. The SMILES string of the molecule is CC#CCNC(C)c1cccc([N+](=O)[O-])c1. The molecular weight excluding hydrogens is 204 g/mol. The van der Waals surface area contributed by atoms with Gasteiger partial charge >= 0.3 is 0 Å². The summed E-state index contributed by atoms with van der Waals surface area (Å²) in [4.78, 5) is 10.2. The van der Waals surface area contributed by atoms with E-state index in [9.17, 15) is 10.1 Å². The Bertz CT molecular complexity index is 432. The van der Waals surface area contributed by atoms with E-state index in [4.69, 9.17) is 0 Å². The summed E-state index contributed by atoms with van der Waals surface area (Å²) in [5.74, 6) is 5.67. The zero-order valence-electron chi connectivity index (χ0n) is 9.36. The van der Waals surface area contributed by atoms with E-state index in [1.165, 1.54) is 6.07 Å². The second kappa shape index (κ2) is 5.89. The quantitative estimate of drug-likeness (QED) is 0.479. The molecule has 1 atom stereocenters. The molecule has 1 aromatic rings. The average molecular weight is 218 g/mol. The summed E-state index contributed by atoms with van der Waals surface area (Å²) in [5.41, 5.74) is 1.01. The average Bonchev–Trinajstić information content (AvgIpc) is 2.29. The van der Waals surface area contributed by atoms with Crippen molar-refractivity contribution in [2.24, 2.45) is 0 Å². The van der Waals surface area contributed by atoms with Crippen LogP contribution in [0.2, 0.25) is 0 Å². The second-order valence-corrected chi connectivity index (χ2v) is 3.38. The molecular formula is C12H14N2O2. The molecule has 0 aliphatic rings. The van der Waals surface area contributed by atoms with Crippen LogP contribution in [0.15, 0.2) is 24.3 Å². The first kappa shape index (κ1) is 12.2. The molecule has 84 valence electrons. The third-order valence-corrected chi connectivity index (χ3v) is 2.25. The number of nitro groups is 1. The molecule has 0 radical (unpaired) electrons. The molecule has 4 nitrogen and oxygen atoms in total. The van der Waals surface area contributed by atoms with Gasteiger partial charge in [0.2, 0.25) is 0 Å². The monoisotopic (exact) mass is 218 g/mol. The first-order valence-corrected chi connectivity index (χ1v) is 5.02. The van der Waals surface area contributed by atoms with Gasteiger partial charge in [0.05, 0.1) is 11.5 Å². The Kier molecular flexibility index (Phi) is 4.49. The van der Waals surface area contributed by atoms with Gasteiger partial charge in [0.1, 0.15) is 0 Å². The molecule has 1 rings (SSSR count). The van der Waals surface area contributed by atoms with E-state index in [2.05, 4.69) is 17.2 Å². The lowest BCUT2D eigenvalue weighted by molar-refractivity contribution is -0.384. The molecule has 0 spiro atoms. The summed E-state index contributed by atoms with van der Waals surface area (Å²) in [5, 5.41) is 13.8. The Labute approximate surface area is 94.8 Å². The zero-order valence-corrected chi connectivity index (χ0v) is 9.36. The minimum absolute atomic E-state index is 0.0562. The fourth-order valence-corrected chi connectivity index (χ4v) is 1.32. The number of nitrogens with zero attached hydrogens (tertiary/aromatic N) is 1. The minimum Gasteiger partial charge on any atom is -0.300 e. The molecule has 0 aliphatic carbocycles. The summed E-state index contributed by atoms with van der Waals surface area (Å²) >= 11 is 0. The van der Waals surface area contributed by atoms with Crippen molar-refractivity contribution in [2.75, 3.05) is 6.54 Å². The number of nitro benzene ring substituents is 1. The minimum atomic E-state index is -0.387. The lowest BCUT2D eigenvalue weighted by Gasteiger charge is -2.11. The molecule has 0 aliphatic heterocycles. The number of hydrogen-bond acceptors (Lipinski definition) is 3. The third-order valence-electron chi connectivity index (χ3n) is 2.25. The highest BCUT2D eigenvalue weighted by Gasteiger charge is 2.09. The van der Waals surface area contributed by atoms with Crippen LogP contribution in [0.25, 0.3) is 0 Å². The molecule has 1 N–H and O–H groups in total. The molecule has 0 saturated heterocycles. The summed E-state index contributed by atoms with van der Waals surface area (Å²) < 4.78 is 0. The van der Waals surface area contributed by atoms with Crippen LogP contribution in [-0.4, -0.2) is 11.5 Å². The van der Waals surface area contributed by atoms with Crippen LogP contribution in [0.3, 0.4) is 0 Å². The highest BCUT2D eigenvalue weighted by atomic mass is 16.6. The van der Waals surface area contributed by atoms with Crippen LogP contribution >= 0.6 is 0 Å². The molecule has 1 unspecified atom stereocenters. The number of nitrogens with one attached hydrogen (secondary N) is 1. The number of benzene rings is 1. The fraction of sp³-hybridized carbons (Fsp3) is 0.333. The molecule has 0 fully saturated rings. The largest absolute Gasteiger partial charge is 0.300 e. The van der Waals surface area contributed by atoms with Crippen molar-refractivity contribution in [3.05, 3.63) is 39.9 Å². The molecule has 1 aromatic carbocycles. The molecule has 16 heavy (non-hydrogen) atoms. The van der Waals surface area contributed by atoms with E-state index in [0.29, 0.717) is 6.54 Å². The maximum atomic E-state index is 10.6. The van der Waals surface area contributed by atoms with Crippen molar-refractivity contribution in [3.63, 3.8) is 0 Å². The fourth-order valence-electron chi connectivity index (χ4n) is 1.32. The molecule has 0 heterocycles. The standard InChI is InChI=1S/C12H14N2O2/c1-3-4-8-13-10(2)11-6-5-7-12(9-11)14(15)16/h5-7,9-10,13H,8H2,1-2H3. The van der Waals surface area contributed by atoms with Gasteiger partial charge in [0, 0.05) is 18.2 Å². The van der Waals surface area contributed by atoms with Crippen molar-refractivity contribution in [1.82, 2.24) is 5.32 Å². The van der Waals surface area contributed by atoms with Gasteiger partial charge in [-0.15, -0.1) is 5.92 Å². The van der Waals surface area contributed by atoms with Crippen LogP contribution in [0.1, 0.15) is 25.5 Å². The lowest BCUT2D eigenvalue weighted by atomic mass is 10.1. The van der Waals surface area contributed by atoms with Gasteiger partial charge in [0.25, 0.3) is 5.69 Å². The van der Waals surface area contributed by atoms with Crippen molar-refractivity contribution in [2.45, 2.75) is 19.9 Å². The third kappa shape index (κ3) is 3.37. The lowest BCUT2D eigenvalue weighted by Crippen LogP contribution is -2.18. The van der Waals surface area contributed by atoms with E-state index in [1.807, 2.05) is 13.0 Å². The Morgan fingerprint density at radius 2 is 2.31 bits per heavy atom. The summed E-state index contributed by atoms with van der Waals surface area (Å²) in [6.07, 6.45) is 0. The van der Waals surface area contributed by atoms with Crippen LogP contribution in [0, 0.1) is 22.0 Å². The van der Waals surface area contributed by atoms with Gasteiger partial charge < -0.3 is 0 Å². The molecule has 4 heteroatoms. The molecule has 0 saturated carbocycles. The van der Waals surface area contributed by atoms with Gasteiger partial charge in [-0.3, -0.25) is 15.4 Å². The number of non-ortho nitro benzene ring substituents is 1. The zero-order chi connectivity index (χ0) is 12.0. The maximum Gasteiger partial charge on any atom is 0.269 e. The van der Waals surface area contributed by atoms with E-state index in [-0.39, 0.29) is 16.7 Å². The van der Waals surface area contributed by atoms with E-state index in [1.54, 1.807) is 19.1 Å². The van der Waals surface area contributed by atoms with E-state index < -0.39 is 0 Å². The van der Waals surface area contributed by atoms with Crippen LogP contribution in [0.4, 0.5) is 5.69 Å². The van der Waals surface area contributed by atoms with Gasteiger partial charge in [-0.25, -0.2) is 0 Å². The van der Waals surface area contributed by atoms with Gasteiger partial charge in [-0.1, -0.05) is 18.1 Å². The van der Waals surface area contributed by atoms with E-state index >= 15 is 0 Å². The smallest absolute Gasteiger partial charge is 0.269 e. The Morgan fingerprint density at radius 1 is 1.56 bits per heavy atom. The molecule has 0 aromatic heterocycles. The van der Waals surface area contributed by atoms with Gasteiger partial charge in [0.15, 0.2) is 0 Å². The van der Waals surface area contributed by atoms with Crippen LogP contribution < -0.4 is 5.32 Å². The molecule has 0 bridgehead atoms. The highest BCUT2D eigenvalue weighted by molar-refractivity contribution is 5.35. The van der Waals surface area contributed by atoms with E-state index in [0.717, 1.165) is 5.56 Å². The molecule has 0 amide bonds. The van der Waals surface area contributed by atoms with Crippen LogP contribution in [0.5, 0.6) is 0 Å². The number of hydrogen-bond donors (Lipinski definition) is 1. The Morgan fingerprint density at radius 3 is 2.94 bits per heavy atom. The van der Waals surface area contributed by atoms with Crippen molar-refractivity contribution in [3.8, 4) is 11.8 Å². The van der Waals surface area contributed by atoms with Crippen molar-refractivity contribution in [1.29, 1.82) is 0 Å². The topological polar surface area (TPSA) is 55.2 Å². The van der Waals surface area contributed by atoms with Crippen molar-refractivity contribution < 1.29 is 4.92 Å². The summed E-state index contributed by atoms with van der Waals surface area (Å²) in [6, 6.07) is 6.68. The summed E-state index contributed by atoms with van der Waals surface area (Å²) in [6.45, 7) is 4.32.